The molecule has 3 N–H and O–H groups in total. The van der Waals surface area contributed by atoms with Gasteiger partial charge in [-0.15, -0.1) is 11.3 Å². The van der Waals surface area contributed by atoms with Gasteiger partial charge in [0.25, 0.3) is 5.91 Å². The van der Waals surface area contributed by atoms with Gasteiger partial charge in [-0.25, -0.2) is 8.78 Å². The van der Waals surface area contributed by atoms with E-state index in [0.29, 0.717) is 16.9 Å². The summed E-state index contributed by atoms with van der Waals surface area (Å²) in [6, 6.07) is 5.28. The molecule has 3 aromatic rings. The van der Waals surface area contributed by atoms with E-state index in [1.54, 1.807) is 0 Å². The molecule has 0 spiro atoms. The summed E-state index contributed by atoms with van der Waals surface area (Å²) in [5.74, 6) is -2.00. The molecular formula is C21H22F2N4OS. The summed E-state index contributed by atoms with van der Waals surface area (Å²) in [6.45, 7) is 3.09. The first-order valence-corrected chi connectivity index (χ1v) is 10.4. The smallest absolute Gasteiger partial charge is 0.261 e. The van der Waals surface area contributed by atoms with Crippen molar-refractivity contribution in [3.63, 3.8) is 0 Å². The highest BCUT2D eigenvalue weighted by molar-refractivity contribution is 7.14. The van der Waals surface area contributed by atoms with E-state index >= 15 is 0 Å². The summed E-state index contributed by atoms with van der Waals surface area (Å²) in [7, 11) is 0. The van der Waals surface area contributed by atoms with E-state index < -0.39 is 11.6 Å². The fourth-order valence-electron chi connectivity index (χ4n) is 3.72. The topological polar surface area (TPSA) is 72.9 Å². The van der Waals surface area contributed by atoms with Crippen molar-refractivity contribution in [3.8, 4) is 11.3 Å². The van der Waals surface area contributed by atoms with Crippen LogP contribution in [0.3, 0.4) is 0 Å². The van der Waals surface area contributed by atoms with Gasteiger partial charge in [-0.1, -0.05) is 6.07 Å². The van der Waals surface area contributed by atoms with Crippen LogP contribution in [-0.4, -0.2) is 28.3 Å². The number of rotatable bonds is 5. The van der Waals surface area contributed by atoms with E-state index in [-0.39, 0.29) is 18.5 Å². The third-order valence-corrected chi connectivity index (χ3v) is 6.36. The molecule has 1 aliphatic rings. The Morgan fingerprint density at radius 3 is 2.93 bits per heavy atom. The van der Waals surface area contributed by atoms with Gasteiger partial charge in [0.2, 0.25) is 0 Å². The van der Waals surface area contributed by atoms with Crippen molar-refractivity contribution in [1.29, 1.82) is 0 Å². The number of amides is 1. The third-order valence-electron chi connectivity index (χ3n) is 5.17. The number of nitrogens with one attached hydrogen (secondary N) is 1. The molecule has 29 heavy (non-hydrogen) atoms. The molecule has 2 aromatic heterocycles. The number of aryl methyl sites for hydroxylation is 3. The molecule has 4 rings (SSSR count). The van der Waals surface area contributed by atoms with Gasteiger partial charge in [0.15, 0.2) is 11.6 Å². The lowest BCUT2D eigenvalue weighted by atomic mass is 10.1. The minimum absolute atomic E-state index is 0.196. The maximum Gasteiger partial charge on any atom is 0.261 e. The van der Waals surface area contributed by atoms with E-state index in [9.17, 15) is 13.6 Å². The Morgan fingerprint density at radius 1 is 1.34 bits per heavy atom. The average molecular weight is 416 g/mol. The van der Waals surface area contributed by atoms with Gasteiger partial charge < -0.3 is 11.1 Å². The van der Waals surface area contributed by atoms with Gasteiger partial charge in [-0.3, -0.25) is 9.48 Å². The Balaban J connectivity index is 1.53. The van der Waals surface area contributed by atoms with Gasteiger partial charge in [0.1, 0.15) is 0 Å². The first kappa shape index (κ1) is 19.7. The minimum atomic E-state index is -0.904. The molecular weight excluding hydrogens is 394 g/mol. The van der Waals surface area contributed by atoms with Crippen LogP contribution < -0.4 is 11.1 Å². The SMILES string of the molecule is Cc1cnn2c1-c1cc(C(=O)N[C@H](CN)Cc3ccc(F)c(F)c3)sc1CCC2. The monoisotopic (exact) mass is 416 g/mol. The minimum Gasteiger partial charge on any atom is -0.347 e. The maximum absolute atomic E-state index is 13.5. The van der Waals surface area contributed by atoms with Crippen molar-refractivity contribution in [2.75, 3.05) is 6.54 Å². The highest BCUT2D eigenvalue weighted by atomic mass is 32.1. The number of carbonyl (C=O) groups is 1. The molecule has 0 saturated heterocycles. The quantitative estimate of drug-likeness (QED) is 0.669. The number of hydrogen-bond acceptors (Lipinski definition) is 4. The predicted molar refractivity (Wildman–Crippen MR) is 109 cm³/mol. The molecule has 0 unspecified atom stereocenters. The Labute approximate surface area is 171 Å². The Morgan fingerprint density at radius 2 is 2.17 bits per heavy atom. The van der Waals surface area contributed by atoms with Gasteiger partial charge in [0.05, 0.1) is 16.8 Å². The molecule has 0 aliphatic carbocycles. The molecule has 1 atom stereocenters. The van der Waals surface area contributed by atoms with E-state index in [4.69, 9.17) is 5.73 Å². The number of thiophene rings is 1. The van der Waals surface area contributed by atoms with Crippen molar-refractivity contribution in [3.05, 3.63) is 63.0 Å². The molecule has 1 aliphatic heterocycles. The van der Waals surface area contributed by atoms with Crippen LogP contribution in [0.15, 0.2) is 30.5 Å². The molecule has 8 heteroatoms. The molecule has 0 bridgehead atoms. The second kappa shape index (κ2) is 8.04. The Bertz CT molecular complexity index is 1060. The number of fused-ring (bicyclic) bond motifs is 3. The fourth-order valence-corrected chi connectivity index (χ4v) is 4.82. The summed E-state index contributed by atoms with van der Waals surface area (Å²) in [4.78, 5) is 14.7. The maximum atomic E-state index is 13.5. The Kier molecular flexibility index (Phi) is 5.47. The second-order valence-corrected chi connectivity index (χ2v) is 8.45. The summed E-state index contributed by atoms with van der Waals surface area (Å²) < 4.78 is 28.6. The summed E-state index contributed by atoms with van der Waals surface area (Å²) in [5, 5.41) is 7.37. The van der Waals surface area contributed by atoms with Crippen LogP contribution in [0, 0.1) is 18.6 Å². The molecule has 152 valence electrons. The number of carbonyl (C=O) groups excluding carboxylic acids is 1. The number of aromatic nitrogens is 2. The zero-order valence-corrected chi connectivity index (χ0v) is 16.9. The van der Waals surface area contributed by atoms with Crippen LogP contribution >= 0.6 is 11.3 Å². The highest BCUT2D eigenvalue weighted by Crippen LogP contribution is 2.36. The molecule has 0 radical (unpaired) electrons. The second-order valence-electron chi connectivity index (χ2n) is 7.31. The summed E-state index contributed by atoms with van der Waals surface area (Å²) >= 11 is 1.49. The first-order chi connectivity index (χ1) is 14.0. The van der Waals surface area contributed by atoms with Crippen molar-refractivity contribution >= 4 is 17.2 Å². The third kappa shape index (κ3) is 3.95. The summed E-state index contributed by atoms with van der Waals surface area (Å²) in [5.41, 5.74) is 9.63. The van der Waals surface area contributed by atoms with Crippen molar-refractivity contribution in [2.45, 2.75) is 38.8 Å². The molecule has 1 aromatic carbocycles. The highest BCUT2D eigenvalue weighted by Gasteiger charge is 2.23. The van der Waals surface area contributed by atoms with Crippen molar-refractivity contribution in [2.24, 2.45) is 5.73 Å². The van der Waals surface area contributed by atoms with Crippen molar-refractivity contribution in [1.82, 2.24) is 15.1 Å². The zero-order valence-electron chi connectivity index (χ0n) is 16.0. The molecule has 0 fully saturated rings. The normalized spacial score (nSPS) is 14.1. The largest absolute Gasteiger partial charge is 0.347 e. The van der Waals surface area contributed by atoms with Crippen LogP contribution in [0.2, 0.25) is 0 Å². The van der Waals surface area contributed by atoms with Crippen LogP contribution in [0.5, 0.6) is 0 Å². The number of halogens is 2. The van der Waals surface area contributed by atoms with Gasteiger partial charge in [0, 0.05) is 29.6 Å². The lowest BCUT2D eigenvalue weighted by Crippen LogP contribution is -2.41. The van der Waals surface area contributed by atoms with Crippen LogP contribution in [0.25, 0.3) is 11.3 Å². The standard InChI is InChI=1S/C21H22F2N4OS/c1-12-11-25-27-6-2-3-18-15(20(12)27)9-19(29-18)21(28)26-14(10-24)7-13-4-5-16(22)17(23)8-13/h4-5,8-9,11,14H,2-3,6-7,10,24H2,1H3,(H,26,28)/t14-/m0/s1. The number of benzene rings is 1. The molecule has 0 saturated carbocycles. The molecule has 5 nitrogen and oxygen atoms in total. The lowest BCUT2D eigenvalue weighted by Gasteiger charge is -2.16. The number of hydrogen-bond donors (Lipinski definition) is 2. The Hall–Kier alpha value is -2.58. The van der Waals surface area contributed by atoms with Gasteiger partial charge >= 0.3 is 0 Å². The first-order valence-electron chi connectivity index (χ1n) is 9.56. The van der Waals surface area contributed by atoms with Crippen molar-refractivity contribution < 1.29 is 13.6 Å². The predicted octanol–water partition coefficient (Wildman–Crippen LogP) is 3.44. The number of nitrogens with zero attached hydrogens (tertiary/aromatic N) is 2. The van der Waals surface area contributed by atoms with Crippen LogP contribution in [0.4, 0.5) is 8.78 Å². The number of nitrogens with two attached hydrogens (primary N) is 1. The fraction of sp³-hybridized carbons (Fsp3) is 0.333. The zero-order chi connectivity index (χ0) is 20.5. The molecule has 1 amide bonds. The molecule has 3 heterocycles. The van der Waals surface area contributed by atoms with E-state index in [1.807, 2.05) is 23.9 Å². The lowest BCUT2D eigenvalue weighted by molar-refractivity contribution is 0.0942. The summed E-state index contributed by atoms with van der Waals surface area (Å²) in [6.07, 6.45) is 4.07. The van der Waals surface area contributed by atoms with Crippen LogP contribution in [-0.2, 0) is 19.4 Å². The van der Waals surface area contributed by atoms with Gasteiger partial charge in [-0.2, -0.15) is 5.10 Å². The van der Waals surface area contributed by atoms with Crippen LogP contribution in [0.1, 0.15) is 32.1 Å². The average Bonchev–Trinajstić information content (AvgIpc) is 3.23. The van der Waals surface area contributed by atoms with Gasteiger partial charge in [-0.05, 0) is 55.5 Å². The van der Waals surface area contributed by atoms with E-state index in [1.165, 1.54) is 22.3 Å². The van der Waals surface area contributed by atoms with E-state index in [2.05, 4.69) is 10.4 Å². The van der Waals surface area contributed by atoms with E-state index in [0.717, 1.165) is 48.3 Å².